The molecule has 222 valence electrons. The summed E-state index contributed by atoms with van der Waals surface area (Å²) >= 11 is 12.7. The number of rotatable bonds is 5. The summed E-state index contributed by atoms with van der Waals surface area (Å²) in [7, 11) is 0. The van der Waals surface area contributed by atoms with Crippen molar-refractivity contribution in [1.29, 1.82) is 0 Å². The van der Waals surface area contributed by atoms with Crippen LogP contribution in [-0.4, -0.2) is 27.9 Å². The Balaban J connectivity index is 1.54. The van der Waals surface area contributed by atoms with E-state index in [1.807, 2.05) is 0 Å². The molecule has 1 aliphatic heterocycles. The molecule has 2 N–H and O–H groups in total. The molecule has 0 bridgehead atoms. The highest BCUT2D eigenvalue weighted by Gasteiger charge is 2.40. The standard InChI is InChI=1S/C29H13Cl2F5N4O4/c30-18-6-5-14(32)10-21(18)44-24-20(37-26(41)12-7-13(29(34,35)36)9-15(33)8-12)11-19(31)23-22(24)25(39-38-23)40-27(42)16-3-1-2-4-17(16)28(40)43/h1-11H,(H,37,41)(H,38,39). The van der Waals surface area contributed by atoms with E-state index in [4.69, 9.17) is 27.9 Å². The molecule has 4 aromatic carbocycles. The number of nitrogens with zero attached hydrogens (tertiary/aromatic N) is 2. The van der Waals surface area contributed by atoms with E-state index in [2.05, 4.69) is 15.5 Å². The molecule has 1 aromatic heterocycles. The van der Waals surface area contributed by atoms with Gasteiger partial charge in [0.05, 0.1) is 43.3 Å². The lowest BCUT2D eigenvalue weighted by molar-refractivity contribution is -0.137. The molecular formula is C29H13Cl2F5N4O4. The smallest absolute Gasteiger partial charge is 0.416 e. The first-order valence-electron chi connectivity index (χ1n) is 12.3. The van der Waals surface area contributed by atoms with Crippen LogP contribution in [0.1, 0.15) is 36.6 Å². The van der Waals surface area contributed by atoms with Crippen LogP contribution in [0.15, 0.2) is 66.7 Å². The van der Waals surface area contributed by atoms with Crippen molar-refractivity contribution in [2.24, 2.45) is 0 Å². The van der Waals surface area contributed by atoms with E-state index in [-0.39, 0.29) is 61.1 Å². The van der Waals surface area contributed by atoms with E-state index in [1.54, 1.807) is 12.1 Å². The fourth-order valence-electron chi connectivity index (χ4n) is 4.61. The number of amides is 3. The number of halogens is 7. The zero-order chi connectivity index (χ0) is 31.5. The van der Waals surface area contributed by atoms with E-state index >= 15 is 0 Å². The molecule has 0 fully saturated rings. The van der Waals surface area contributed by atoms with E-state index in [1.165, 1.54) is 18.2 Å². The molecule has 8 nitrogen and oxygen atoms in total. The van der Waals surface area contributed by atoms with Crippen LogP contribution in [0.25, 0.3) is 10.9 Å². The van der Waals surface area contributed by atoms with Crippen LogP contribution >= 0.6 is 23.2 Å². The van der Waals surface area contributed by atoms with Crippen molar-refractivity contribution in [1.82, 2.24) is 10.2 Å². The lowest BCUT2D eigenvalue weighted by Crippen LogP contribution is -2.30. The van der Waals surface area contributed by atoms with Crippen LogP contribution in [0.2, 0.25) is 10.0 Å². The van der Waals surface area contributed by atoms with Crippen molar-refractivity contribution >= 4 is 63.3 Å². The summed E-state index contributed by atoms with van der Waals surface area (Å²) in [5.74, 6) is -5.80. The SMILES string of the molecule is O=C(Nc1cc(Cl)c2[nH]nc(N3C(=O)c4ccccc4C3=O)c2c1Oc1cc(F)ccc1Cl)c1cc(F)cc(C(F)(F)F)c1. The minimum Gasteiger partial charge on any atom is -0.453 e. The summed E-state index contributed by atoms with van der Waals surface area (Å²) in [5.41, 5.74) is -2.30. The highest BCUT2D eigenvalue weighted by molar-refractivity contribution is 6.39. The average molecular weight is 647 g/mol. The third kappa shape index (κ3) is 4.99. The highest BCUT2D eigenvalue weighted by atomic mass is 35.5. The molecular weight excluding hydrogens is 634 g/mol. The molecule has 3 amide bonds. The molecule has 5 aromatic rings. The normalized spacial score (nSPS) is 13.0. The quantitative estimate of drug-likeness (QED) is 0.149. The summed E-state index contributed by atoms with van der Waals surface area (Å²) < 4.78 is 74.1. The maximum Gasteiger partial charge on any atom is 0.416 e. The Labute approximate surface area is 252 Å². The Morgan fingerprint density at radius 3 is 2.23 bits per heavy atom. The predicted octanol–water partition coefficient (Wildman–Crippen LogP) is 8.01. The number of aromatic nitrogens is 2. The Kier molecular flexibility index (Phi) is 7.01. The summed E-state index contributed by atoms with van der Waals surface area (Å²) in [6.45, 7) is 0. The molecule has 0 aliphatic carbocycles. The molecule has 44 heavy (non-hydrogen) atoms. The summed E-state index contributed by atoms with van der Waals surface area (Å²) in [6.07, 6.45) is -4.96. The fraction of sp³-hybridized carbons (Fsp3) is 0.0345. The van der Waals surface area contributed by atoms with Crippen molar-refractivity contribution < 1.29 is 41.1 Å². The number of alkyl halides is 3. The van der Waals surface area contributed by atoms with Crippen LogP contribution in [0.5, 0.6) is 11.5 Å². The van der Waals surface area contributed by atoms with Crippen LogP contribution in [0.3, 0.4) is 0 Å². The van der Waals surface area contributed by atoms with Crippen molar-refractivity contribution in [3.05, 3.63) is 111 Å². The number of nitrogens with one attached hydrogen (secondary N) is 2. The Hall–Kier alpha value is -5.01. The van der Waals surface area contributed by atoms with Gasteiger partial charge in [-0.2, -0.15) is 18.3 Å². The molecule has 0 saturated carbocycles. The molecule has 0 spiro atoms. The first-order chi connectivity index (χ1) is 20.8. The molecule has 0 atom stereocenters. The van der Waals surface area contributed by atoms with Gasteiger partial charge in [-0.1, -0.05) is 35.3 Å². The van der Waals surface area contributed by atoms with Gasteiger partial charge in [-0.25, -0.2) is 13.7 Å². The van der Waals surface area contributed by atoms with Gasteiger partial charge in [0.2, 0.25) is 0 Å². The van der Waals surface area contributed by atoms with Gasteiger partial charge in [0.1, 0.15) is 17.4 Å². The number of ether oxygens (including phenoxy) is 1. The number of hydrogen-bond donors (Lipinski definition) is 2. The van der Waals surface area contributed by atoms with Crippen LogP contribution in [0.4, 0.5) is 33.5 Å². The topological polar surface area (TPSA) is 104 Å². The fourth-order valence-corrected chi connectivity index (χ4v) is 5.01. The zero-order valence-electron chi connectivity index (χ0n) is 21.5. The van der Waals surface area contributed by atoms with Gasteiger partial charge in [0, 0.05) is 11.6 Å². The average Bonchev–Trinajstić information content (AvgIpc) is 3.51. The van der Waals surface area contributed by atoms with Crippen LogP contribution in [-0.2, 0) is 6.18 Å². The summed E-state index contributed by atoms with van der Waals surface area (Å²) in [5, 5.41) is 8.61. The Bertz CT molecular complexity index is 2010. The van der Waals surface area contributed by atoms with Gasteiger partial charge < -0.3 is 10.1 Å². The van der Waals surface area contributed by atoms with Crippen LogP contribution < -0.4 is 15.0 Å². The van der Waals surface area contributed by atoms with Crippen molar-refractivity contribution in [2.45, 2.75) is 6.18 Å². The summed E-state index contributed by atoms with van der Waals surface area (Å²) in [6, 6.07) is 11.4. The second-order valence-corrected chi connectivity index (χ2v) is 10.2. The van der Waals surface area contributed by atoms with Gasteiger partial charge >= 0.3 is 6.18 Å². The van der Waals surface area contributed by atoms with Crippen molar-refractivity contribution in [3.63, 3.8) is 0 Å². The number of benzene rings is 4. The molecule has 15 heteroatoms. The zero-order valence-corrected chi connectivity index (χ0v) is 23.0. The number of anilines is 2. The number of carbonyl (C=O) groups excluding carboxylic acids is 3. The van der Waals surface area contributed by atoms with E-state index in [0.717, 1.165) is 23.1 Å². The largest absolute Gasteiger partial charge is 0.453 e. The molecule has 0 radical (unpaired) electrons. The minimum atomic E-state index is -4.96. The number of H-pyrrole nitrogens is 1. The van der Waals surface area contributed by atoms with Gasteiger partial charge in [-0.15, -0.1) is 0 Å². The van der Waals surface area contributed by atoms with E-state index < -0.39 is 46.7 Å². The third-order valence-electron chi connectivity index (χ3n) is 6.58. The first kappa shape index (κ1) is 29.1. The number of hydrogen-bond acceptors (Lipinski definition) is 5. The van der Waals surface area contributed by atoms with Crippen molar-refractivity contribution in [2.75, 3.05) is 10.2 Å². The number of carbonyl (C=O) groups is 3. The minimum absolute atomic E-state index is 0.00357. The van der Waals surface area contributed by atoms with Gasteiger partial charge in [-0.05, 0) is 48.5 Å². The molecule has 0 unspecified atom stereocenters. The van der Waals surface area contributed by atoms with Gasteiger partial charge in [0.25, 0.3) is 17.7 Å². The lowest BCUT2D eigenvalue weighted by Gasteiger charge is -2.18. The van der Waals surface area contributed by atoms with Crippen molar-refractivity contribution in [3.8, 4) is 11.5 Å². The molecule has 6 rings (SSSR count). The molecule has 1 aliphatic rings. The van der Waals surface area contributed by atoms with Gasteiger partial charge in [-0.3, -0.25) is 19.5 Å². The Morgan fingerprint density at radius 1 is 0.886 bits per heavy atom. The van der Waals surface area contributed by atoms with E-state index in [0.29, 0.717) is 12.1 Å². The number of aromatic amines is 1. The maximum absolute atomic E-state index is 14.2. The van der Waals surface area contributed by atoms with E-state index in [9.17, 15) is 36.3 Å². The highest BCUT2D eigenvalue weighted by Crippen LogP contribution is 2.47. The Morgan fingerprint density at radius 2 is 1.57 bits per heavy atom. The monoisotopic (exact) mass is 646 g/mol. The summed E-state index contributed by atoms with van der Waals surface area (Å²) in [4.78, 5) is 40.5. The third-order valence-corrected chi connectivity index (χ3v) is 7.19. The predicted molar refractivity (Wildman–Crippen MR) is 150 cm³/mol. The molecule has 2 heterocycles. The van der Waals surface area contributed by atoms with Crippen LogP contribution in [0, 0.1) is 11.6 Å². The second-order valence-electron chi connectivity index (χ2n) is 9.38. The number of imide groups is 1. The number of fused-ring (bicyclic) bond motifs is 2. The molecule has 0 saturated heterocycles. The first-order valence-corrected chi connectivity index (χ1v) is 13.1. The lowest BCUT2D eigenvalue weighted by atomic mass is 10.1. The van der Waals surface area contributed by atoms with Gasteiger partial charge in [0.15, 0.2) is 11.6 Å². The second kappa shape index (κ2) is 10.6. The maximum atomic E-state index is 14.2.